The summed E-state index contributed by atoms with van der Waals surface area (Å²) in [6, 6.07) is 3.29. The third-order valence-electron chi connectivity index (χ3n) is 3.37. The third kappa shape index (κ3) is 2.29. The van der Waals surface area contributed by atoms with Gasteiger partial charge in [0, 0.05) is 31.5 Å². The fourth-order valence-corrected chi connectivity index (χ4v) is 2.49. The highest BCUT2D eigenvalue weighted by molar-refractivity contribution is 6.16. The van der Waals surface area contributed by atoms with E-state index >= 15 is 0 Å². The van der Waals surface area contributed by atoms with Gasteiger partial charge in [-0.3, -0.25) is 0 Å². The molecule has 20 heavy (non-hydrogen) atoms. The van der Waals surface area contributed by atoms with E-state index in [0.717, 1.165) is 24.4 Å². The van der Waals surface area contributed by atoms with Gasteiger partial charge >= 0.3 is 0 Å². The van der Waals surface area contributed by atoms with E-state index in [1.54, 1.807) is 19.4 Å². The van der Waals surface area contributed by atoms with Gasteiger partial charge in [0.25, 0.3) is 0 Å². The van der Waals surface area contributed by atoms with Crippen molar-refractivity contribution in [1.82, 2.24) is 19.1 Å². The number of aromatic nitrogens is 4. The highest BCUT2D eigenvalue weighted by Crippen LogP contribution is 2.21. The molecule has 3 aromatic rings. The zero-order chi connectivity index (χ0) is 14.1. The zero-order valence-corrected chi connectivity index (χ0v) is 11.8. The number of hydrogen-bond acceptors (Lipinski definition) is 2. The summed E-state index contributed by atoms with van der Waals surface area (Å²) < 4.78 is 17.6. The molecule has 0 saturated carbocycles. The Morgan fingerprint density at radius 3 is 2.85 bits per heavy atom. The van der Waals surface area contributed by atoms with Crippen molar-refractivity contribution < 1.29 is 4.39 Å². The first-order valence-corrected chi connectivity index (χ1v) is 6.89. The van der Waals surface area contributed by atoms with E-state index in [2.05, 4.69) is 9.97 Å². The summed E-state index contributed by atoms with van der Waals surface area (Å²) in [5.41, 5.74) is 2.18. The van der Waals surface area contributed by atoms with Crippen molar-refractivity contribution in [3.63, 3.8) is 0 Å². The molecule has 0 aliphatic rings. The van der Waals surface area contributed by atoms with Crippen LogP contribution in [-0.2, 0) is 19.0 Å². The first-order chi connectivity index (χ1) is 9.69. The van der Waals surface area contributed by atoms with Crippen LogP contribution < -0.4 is 0 Å². The van der Waals surface area contributed by atoms with Crippen molar-refractivity contribution in [2.75, 3.05) is 0 Å². The Balaban J connectivity index is 2.01. The Labute approximate surface area is 120 Å². The van der Waals surface area contributed by atoms with E-state index < -0.39 is 0 Å². The average Bonchev–Trinajstić information content (AvgIpc) is 3.05. The molecule has 3 rings (SSSR count). The molecular formula is C14H14ClFN4. The molecule has 1 aromatic carbocycles. The van der Waals surface area contributed by atoms with Crippen LogP contribution >= 0.6 is 11.6 Å². The largest absolute Gasteiger partial charge is 0.336 e. The average molecular weight is 293 g/mol. The van der Waals surface area contributed by atoms with Gasteiger partial charge in [-0.2, -0.15) is 0 Å². The predicted molar refractivity (Wildman–Crippen MR) is 76.2 cm³/mol. The molecule has 2 aromatic heterocycles. The van der Waals surface area contributed by atoms with E-state index in [-0.39, 0.29) is 5.82 Å². The van der Waals surface area contributed by atoms with Gasteiger partial charge in [-0.05, 0) is 18.6 Å². The molecular weight excluding hydrogens is 279 g/mol. The van der Waals surface area contributed by atoms with Gasteiger partial charge in [-0.25, -0.2) is 14.4 Å². The minimum atomic E-state index is -0.238. The molecule has 0 saturated heterocycles. The van der Waals surface area contributed by atoms with Crippen molar-refractivity contribution in [3.8, 4) is 0 Å². The van der Waals surface area contributed by atoms with Gasteiger partial charge in [0.15, 0.2) is 0 Å². The quantitative estimate of drug-likeness (QED) is 0.693. The molecule has 104 valence electrons. The van der Waals surface area contributed by atoms with Crippen LogP contribution in [0.25, 0.3) is 11.0 Å². The lowest BCUT2D eigenvalue weighted by Crippen LogP contribution is -2.08. The van der Waals surface area contributed by atoms with E-state index in [1.165, 1.54) is 6.07 Å². The van der Waals surface area contributed by atoms with Crippen molar-refractivity contribution >= 4 is 22.6 Å². The maximum absolute atomic E-state index is 13.6. The van der Waals surface area contributed by atoms with Crippen LogP contribution in [0, 0.1) is 12.7 Å². The lowest BCUT2D eigenvalue weighted by molar-refractivity contribution is 0.576. The van der Waals surface area contributed by atoms with Gasteiger partial charge in [0.1, 0.15) is 11.6 Å². The summed E-state index contributed by atoms with van der Waals surface area (Å²) >= 11 is 5.95. The van der Waals surface area contributed by atoms with E-state index in [0.29, 0.717) is 17.0 Å². The van der Waals surface area contributed by atoms with Crippen molar-refractivity contribution in [1.29, 1.82) is 0 Å². The Bertz CT molecular complexity index is 733. The van der Waals surface area contributed by atoms with Gasteiger partial charge in [0.2, 0.25) is 0 Å². The summed E-state index contributed by atoms with van der Waals surface area (Å²) in [6.45, 7) is 3.24. The summed E-state index contributed by atoms with van der Waals surface area (Å²) in [5, 5.41) is 0. The van der Waals surface area contributed by atoms with Crippen LogP contribution in [0.5, 0.6) is 0 Å². The monoisotopic (exact) mass is 292 g/mol. The first-order valence-electron chi connectivity index (χ1n) is 6.36. The smallest absolute Gasteiger partial charge is 0.128 e. The maximum atomic E-state index is 13.6. The molecule has 0 atom stereocenters. The van der Waals surface area contributed by atoms with Crippen LogP contribution in [0.2, 0.25) is 0 Å². The van der Waals surface area contributed by atoms with Crippen molar-refractivity contribution in [2.24, 2.45) is 0 Å². The van der Waals surface area contributed by atoms with Crippen molar-refractivity contribution in [3.05, 3.63) is 48.1 Å². The Morgan fingerprint density at radius 1 is 1.30 bits per heavy atom. The number of halogens is 2. The van der Waals surface area contributed by atoms with Crippen LogP contribution in [0.15, 0.2) is 30.9 Å². The number of imidazole rings is 2. The van der Waals surface area contributed by atoms with Gasteiger partial charge in [0.05, 0.1) is 23.2 Å². The van der Waals surface area contributed by atoms with Crippen LogP contribution in [0.1, 0.15) is 11.4 Å². The van der Waals surface area contributed by atoms with Crippen LogP contribution in [-0.4, -0.2) is 19.1 Å². The third-order valence-corrected chi connectivity index (χ3v) is 3.61. The van der Waals surface area contributed by atoms with Crippen molar-refractivity contribution in [2.45, 2.75) is 25.9 Å². The van der Waals surface area contributed by atoms with E-state index in [4.69, 9.17) is 11.6 Å². The second-order valence-electron chi connectivity index (χ2n) is 4.70. The minimum absolute atomic E-state index is 0.238. The molecule has 0 aliphatic carbocycles. The highest BCUT2D eigenvalue weighted by Gasteiger charge is 2.12. The first kappa shape index (κ1) is 13.1. The van der Waals surface area contributed by atoms with Crippen LogP contribution in [0.4, 0.5) is 4.39 Å². The lowest BCUT2D eigenvalue weighted by Gasteiger charge is -2.08. The second-order valence-corrected chi connectivity index (χ2v) is 4.97. The second kappa shape index (κ2) is 5.25. The van der Waals surface area contributed by atoms with E-state index in [9.17, 15) is 4.39 Å². The standard InChI is InChI=1S/C14H14ClFN4/c1-10-6-13-12(7-11(10)16)18-14(8-15)20(13)5-4-19-3-2-17-9-19/h2-3,6-7,9H,4-5,8H2,1H3. The number of nitrogens with zero attached hydrogens (tertiary/aromatic N) is 4. The summed E-state index contributed by atoms with van der Waals surface area (Å²) in [4.78, 5) is 8.41. The Morgan fingerprint density at radius 2 is 2.15 bits per heavy atom. The maximum Gasteiger partial charge on any atom is 0.128 e. The molecule has 0 bridgehead atoms. The molecule has 0 unspecified atom stereocenters. The number of aryl methyl sites for hydroxylation is 3. The Kier molecular flexibility index (Phi) is 3.44. The fourth-order valence-electron chi connectivity index (χ4n) is 2.29. The number of rotatable bonds is 4. The van der Waals surface area contributed by atoms with E-state index in [1.807, 2.05) is 21.4 Å². The van der Waals surface area contributed by atoms with Gasteiger partial charge < -0.3 is 9.13 Å². The Hall–Kier alpha value is -1.88. The molecule has 2 heterocycles. The molecule has 6 heteroatoms. The van der Waals surface area contributed by atoms with Crippen LogP contribution in [0.3, 0.4) is 0 Å². The summed E-state index contributed by atoms with van der Waals surface area (Å²) in [6.07, 6.45) is 5.42. The molecule has 0 aliphatic heterocycles. The minimum Gasteiger partial charge on any atom is -0.336 e. The SMILES string of the molecule is Cc1cc2c(cc1F)nc(CCl)n2CCn1ccnc1. The number of hydrogen-bond donors (Lipinski definition) is 0. The van der Waals surface area contributed by atoms with Gasteiger partial charge in [-0.1, -0.05) is 0 Å². The molecule has 0 fully saturated rings. The highest BCUT2D eigenvalue weighted by atomic mass is 35.5. The fraction of sp³-hybridized carbons (Fsp3) is 0.286. The normalized spacial score (nSPS) is 11.3. The number of fused-ring (bicyclic) bond motifs is 1. The topological polar surface area (TPSA) is 35.6 Å². The molecule has 0 N–H and O–H groups in total. The molecule has 0 amide bonds. The summed E-state index contributed by atoms with van der Waals surface area (Å²) in [7, 11) is 0. The van der Waals surface area contributed by atoms with Gasteiger partial charge in [-0.15, -0.1) is 11.6 Å². The molecule has 4 nitrogen and oxygen atoms in total. The number of benzene rings is 1. The molecule has 0 spiro atoms. The number of alkyl halides is 1. The molecule has 0 radical (unpaired) electrons. The zero-order valence-electron chi connectivity index (χ0n) is 11.1. The lowest BCUT2D eigenvalue weighted by atomic mass is 10.2. The summed E-state index contributed by atoms with van der Waals surface area (Å²) in [5.74, 6) is 0.823. The predicted octanol–water partition coefficient (Wildman–Crippen LogP) is 3.12.